The molecule has 0 spiro atoms. The van der Waals surface area contributed by atoms with E-state index in [1.807, 2.05) is 18.2 Å². The second-order valence-electron chi connectivity index (χ2n) is 6.17. The van der Waals surface area contributed by atoms with Crippen LogP contribution in [0.3, 0.4) is 0 Å². The zero-order chi connectivity index (χ0) is 14.3. The van der Waals surface area contributed by atoms with Crippen LogP contribution in [0.4, 0.5) is 0 Å². The Morgan fingerprint density at radius 3 is 2.53 bits per heavy atom. The van der Waals surface area contributed by atoms with Gasteiger partial charge < -0.3 is 9.47 Å². The Hall–Kier alpha value is -0.250. The van der Waals surface area contributed by atoms with E-state index in [-0.39, 0.29) is 17.3 Å². The number of hydrogen-bond acceptors (Lipinski definition) is 2. The van der Waals surface area contributed by atoms with Gasteiger partial charge in [-0.25, -0.2) is 0 Å². The van der Waals surface area contributed by atoms with E-state index in [0.29, 0.717) is 5.88 Å². The molecule has 0 radical (unpaired) electrons. The number of ether oxygens (including phenoxy) is 2. The Kier molecular flexibility index (Phi) is 4.20. The predicted octanol–water partition coefficient (Wildman–Crippen LogP) is 4.91. The van der Waals surface area contributed by atoms with Crippen LogP contribution in [0.1, 0.15) is 39.7 Å². The minimum atomic E-state index is -0.284. The van der Waals surface area contributed by atoms with Crippen molar-refractivity contribution in [2.45, 2.75) is 57.3 Å². The number of hydrogen-bond donors (Lipinski definition) is 0. The molecule has 1 atom stereocenters. The molecule has 0 aliphatic carbocycles. The summed E-state index contributed by atoms with van der Waals surface area (Å²) in [5.41, 5.74) is 0.647. The summed E-state index contributed by atoms with van der Waals surface area (Å²) in [5, 5.41) is 0. The summed E-state index contributed by atoms with van der Waals surface area (Å²) in [6.45, 7) is 8.36. The van der Waals surface area contributed by atoms with Crippen LogP contribution in [0.5, 0.6) is 5.75 Å². The molecule has 0 aromatic heterocycles. The topological polar surface area (TPSA) is 18.5 Å². The SMILES string of the molecule is CC1(C)CC(Oc2ccc(CCl)cc2Br)C(C)(C)O1. The van der Waals surface area contributed by atoms with Crippen molar-refractivity contribution in [2.75, 3.05) is 0 Å². The Balaban J connectivity index is 2.18. The van der Waals surface area contributed by atoms with Crippen LogP contribution in [0.25, 0.3) is 0 Å². The zero-order valence-corrected chi connectivity index (χ0v) is 14.1. The van der Waals surface area contributed by atoms with Gasteiger partial charge in [0.2, 0.25) is 0 Å². The second kappa shape index (κ2) is 5.27. The maximum absolute atomic E-state index is 6.14. The van der Waals surface area contributed by atoms with Crippen molar-refractivity contribution in [2.24, 2.45) is 0 Å². The fourth-order valence-corrected chi connectivity index (χ4v) is 3.26. The Bertz CT molecular complexity index is 471. The van der Waals surface area contributed by atoms with Crippen molar-refractivity contribution >= 4 is 27.5 Å². The lowest BCUT2D eigenvalue weighted by atomic mass is 9.97. The average Bonchev–Trinajstić information content (AvgIpc) is 2.49. The smallest absolute Gasteiger partial charge is 0.134 e. The molecule has 0 N–H and O–H groups in total. The van der Waals surface area contributed by atoms with E-state index < -0.39 is 0 Å². The van der Waals surface area contributed by atoms with Crippen molar-refractivity contribution in [1.82, 2.24) is 0 Å². The minimum absolute atomic E-state index is 0.0423. The van der Waals surface area contributed by atoms with Crippen molar-refractivity contribution in [1.29, 1.82) is 0 Å². The largest absolute Gasteiger partial charge is 0.486 e. The monoisotopic (exact) mass is 346 g/mol. The number of alkyl halides is 1. The van der Waals surface area contributed by atoms with Gasteiger partial charge >= 0.3 is 0 Å². The number of benzene rings is 1. The van der Waals surface area contributed by atoms with E-state index in [9.17, 15) is 0 Å². The van der Waals surface area contributed by atoms with E-state index in [1.165, 1.54) is 0 Å². The van der Waals surface area contributed by atoms with Crippen LogP contribution >= 0.6 is 27.5 Å². The zero-order valence-electron chi connectivity index (χ0n) is 11.8. The van der Waals surface area contributed by atoms with Gasteiger partial charge in [-0.1, -0.05) is 6.07 Å². The summed E-state index contributed by atoms with van der Waals surface area (Å²) in [5.74, 6) is 1.34. The molecule has 2 nitrogen and oxygen atoms in total. The molecule has 0 amide bonds. The number of halogens is 2. The lowest BCUT2D eigenvalue weighted by molar-refractivity contribution is -0.0846. The van der Waals surface area contributed by atoms with Crippen LogP contribution in [0.15, 0.2) is 22.7 Å². The Labute approximate surface area is 128 Å². The number of rotatable bonds is 3. The summed E-state index contributed by atoms with van der Waals surface area (Å²) in [7, 11) is 0. The van der Waals surface area contributed by atoms with Crippen molar-refractivity contribution in [3.63, 3.8) is 0 Å². The summed E-state index contributed by atoms with van der Waals surface area (Å²) < 4.78 is 13.1. The lowest BCUT2D eigenvalue weighted by Gasteiger charge is -2.27. The molecule has 0 bridgehead atoms. The van der Waals surface area contributed by atoms with E-state index in [2.05, 4.69) is 43.6 Å². The molecule has 1 aromatic rings. The Morgan fingerprint density at radius 2 is 2.05 bits per heavy atom. The van der Waals surface area contributed by atoms with Crippen LogP contribution in [0, 0.1) is 0 Å². The van der Waals surface area contributed by atoms with Crippen LogP contribution in [-0.4, -0.2) is 17.3 Å². The Morgan fingerprint density at radius 1 is 1.37 bits per heavy atom. The molecular formula is C15H20BrClO2. The van der Waals surface area contributed by atoms with Gasteiger partial charge in [0.1, 0.15) is 17.5 Å². The van der Waals surface area contributed by atoms with Gasteiger partial charge in [0.15, 0.2) is 0 Å². The highest BCUT2D eigenvalue weighted by Crippen LogP contribution is 2.40. The molecule has 19 heavy (non-hydrogen) atoms. The third-order valence-corrected chi connectivity index (χ3v) is 4.34. The first-order valence-corrected chi connectivity index (χ1v) is 7.77. The quantitative estimate of drug-likeness (QED) is 0.723. The molecule has 4 heteroatoms. The first-order chi connectivity index (χ1) is 8.73. The summed E-state index contributed by atoms with van der Waals surface area (Å²) in [4.78, 5) is 0. The minimum Gasteiger partial charge on any atom is -0.486 e. The second-order valence-corrected chi connectivity index (χ2v) is 7.30. The van der Waals surface area contributed by atoms with Crippen molar-refractivity contribution in [3.05, 3.63) is 28.2 Å². The molecule has 1 saturated heterocycles. The highest BCUT2D eigenvalue weighted by atomic mass is 79.9. The maximum Gasteiger partial charge on any atom is 0.134 e. The fourth-order valence-electron chi connectivity index (χ4n) is 2.57. The summed E-state index contributed by atoms with van der Waals surface area (Å²) in [6, 6.07) is 5.94. The third-order valence-electron chi connectivity index (χ3n) is 3.41. The van der Waals surface area contributed by atoms with Gasteiger partial charge in [-0.15, -0.1) is 11.6 Å². The van der Waals surface area contributed by atoms with Gasteiger partial charge in [-0.3, -0.25) is 0 Å². The first kappa shape index (κ1) is 15.1. The fraction of sp³-hybridized carbons (Fsp3) is 0.600. The first-order valence-electron chi connectivity index (χ1n) is 6.45. The lowest BCUT2D eigenvalue weighted by Crippen LogP contribution is -2.36. The summed E-state index contributed by atoms with van der Waals surface area (Å²) in [6.07, 6.45) is 0.921. The van der Waals surface area contributed by atoms with Crippen molar-refractivity contribution < 1.29 is 9.47 Å². The molecule has 0 saturated carbocycles. The predicted molar refractivity (Wildman–Crippen MR) is 82.0 cm³/mol. The van der Waals surface area contributed by atoms with Gasteiger partial charge in [0, 0.05) is 12.3 Å². The highest BCUT2D eigenvalue weighted by Gasteiger charge is 2.47. The van der Waals surface area contributed by atoms with Crippen LogP contribution in [-0.2, 0) is 10.6 Å². The third kappa shape index (κ3) is 3.45. The van der Waals surface area contributed by atoms with Gasteiger partial charge in [0.05, 0.1) is 10.1 Å². The molecule has 1 heterocycles. The molecule has 2 rings (SSSR count). The standard InChI is InChI=1S/C15H20BrClO2/c1-14(2)8-13(15(3,4)19-14)18-12-6-5-10(9-17)7-11(12)16/h5-7,13H,8-9H2,1-4H3. The normalized spacial score (nSPS) is 24.4. The van der Waals surface area contributed by atoms with E-state index in [0.717, 1.165) is 22.2 Å². The van der Waals surface area contributed by atoms with Gasteiger partial charge in [0.25, 0.3) is 0 Å². The molecular weight excluding hydrogens is 328 g/mol. The van der Waals surface area contributed by atoms with Gasteiger partial charge in [-0.05, 0) is 61.3 Å². The van der Waals surface area contributed by atoms with E-state index in [1.54, 1.807) is 0 Å². The van der Waals surface area contributed by atoms with Crippen molar-refractivity contribution in [3.8, 4) is 5.75 Å². The van der Waals surface area contributed by atoms with E-state index in [4.69, 9.17) is 21.1 Å². The van der Waals surface area contributed by atoms with Crippen LogP contribution < -0.4 is 4.74 Å². The molecule has 106 valence electrons. The molecule has 1 fully saturated rings. The maximum atomic E-state index is 6.14. The average molecular weight is 348 g/mol. The van der Waals surface area contributed by atoms with Crippen LogP contribution in [0.2, 0.25) is 0 Å². The summed E-state index contributed by atoms with van der Waals surface area (Å²) >= 11 is 9.36. The van der Waals surface area contributed by atoms with E-state index >= 15 is 0 Å². The van der Waals surface area contributed by atoms with Gasteiger partial charge in [-0.2, -0.15) is 0 Å². The molecule has 1 aromatic carbocycles. The molecule has 1 aliphatic rings. The molecule has 1 aliphatic heterocycles. The highest BCUT2D eigenvalue weighted by molar-refractivity contribution is 9.10. The molecule has 1 unspecified atom stereocenters.